The number of hydrogen-bond donors (Lipinski definition) is 2. The monoisotopic (exact) mass is 264 g/mol. The summed E-state index contributed by atoms with van der Waals surface area (Å²) in [6, 6.07) is 3.10. The first-order chi connectivity index (χ1) is 9.10. The van der Waals surface area contributed by atoms with Crippen LogP contribution < -0.4 is 5.32 Å². The van der Waals surface area contributed by atoms with Gasteiger partial charge in [-0.25, -0.2) is 4.98 Å². The Balaban J connectivity index is 2.69. The van der Waals surface area contributed by atoms with E-state index in [1.807, 2.05) is 6.92 Å². The fraction of sp³-hybridized carbons (Fsp3) is 0.500. The van der Waals surface area contributed by atoms with E-state index in [1.165, 1.54) is 12.3 Å². The number of aliphatic hydroxyl groups is 1. The maximum atomic E-state index is 10.9. The third-order valence-electron chi connectivity index (χ3n) is 2.71. The van der Waals surface area contributed by atoms with Gasteiger partial charge >= 0.3 is 5.69 Å². The summed E-state index contributed by atoms with van der Waals surface area (Å²) < 4.78 is 0. The normalized spacial score (nSPS) is 11.6. The second kappa shape index (κ2) is 7.28. The van der Waals surface area contributed by atoms with Crippen LogP contribution in [0.1, 0.15) is 25.3 Å². The standard InChI is InChI=1S/C12H16N4O3/c1-9(8-17)3-2-5-14-12-11(16(18)19)10(7-13)4-6-15-12/h4,6,9,17H,2-3,5,8H2,1H3,(H,14,15). The Labute approximate surface area is 111 Å². The van der Waals surface area contributed by atoms with E-state index in [-0.39, 0.29) is 29.6 Å². The average molecular weight is 264 g/mol. The van der Waals surface area contributed by atoms with E-state index < -0.39 is 4.92 Å². The van der Waals surface area contributed by atoms with Crippen molar-refractivity contribution in [3.8, 4) is 6.07 Å². The number of hydrogen-bond acceptors (Lipinski definition) is 6. The van der Waals surface area contributed by atoms with Crippen molar-refractivity contribution in [3.63, 3.8) is 0 Å². The Morgan fingerprint density at radius 3 is 3.00 bits per heavy atom. The minimum absolute atomic E-state index is 0.00812. The number of nitrogens with zero attached hydrogens (tertiary/aromatic N) is 3. The molecule has 0 saturated carbocycles. The number of nitriles is 1. The van der Waals surface area contributed by atoms with Crippen molar-refractivity contribution in [3.05, 3.63) is 27.9 Å². The third-order valence-corrected chi connectivity index (χ3v) is 2.71. The zero-order chi connectivity index (χ0) is 14.3. The van der Waals surface area contributed by atoms with Crippen molar-refractivity contribution >= 4 is 11.5 Å². The molecule has 0 fully saturated rings. The predicted octanol–water partition coefficient (Wildman–Crippen LogP) is 1.68. The number of anilines is 1. The van der Waals surface area contributed by atoms with E-state index in [0.717, 1.165) is 12.8 Å². The van der Waals surface area contributed by atoms with E-state index in [9.17, 15) is 10.1 Å². The van der Waals surface area contributed by atoms with Crippen LogP contribution in [0.4, 0.5) is 11.5 Å². The number of nitro groups is 1. The van der Waals surface area contributed by atoms with Gasteiger partial charge in [0.15, 0.2) is 0 Å². The topological polar surface area (TPSA) is 112 Å². The summed E-state index contributed by atoms with van der Waals surface area (Å²) in [6.07, 6.45) is 2.94. The maximum absolute atomic E-state index is 10.9. The van der Waals surface area contributed by atoms with Crippen molar-refractivity contribution in [2.24, 2.45) is 5.92 Å². The Morgan fingerprint density at radius 1 is 1.68 bits per heavy atom. The highest BCUT2D eigenvalue weighted by molar-refractivity contribution is 5.63. The maximum Gasteiger partial charge on any atom is 0.328 e. The second-order valence-corrected chi connectivity index (χ2v) is 4.28. The number of rotatable bonds is 7. The molecule has 7 heteroatoms. The van der Waals surface area contributed by atoms with Gasteiger partial charge in [-0.1, -0.05) is 6.92 Å². The summed E-state index contributed by atoms with van der Waals surface area (Å²) >= 11 is 0. The largest absolute Gasteiger partial charge is 0.396 e. The predicted molar refractivity (Wildman–Crippen MR) is 69.6 cm³/mol. The van der Waals surface area contributed by atoms with Crippen LogP contribution in [0.25, 0.3) is 0 Å². The first-order valence-corrected chi connectivity index (χ1v) is 5.98. The van der Waals surface area contributed by atoms with Crippen LogP contribution in [0, 0.1) is 27.4 Å². The minimum atomic E-state index is -0.607. The highest BCUT2D eigenvalue weighted by Crippen LogP contribution is 2.25. The van der Waals surface area contributed by atoms with Gasteiger partial charge in [0.2, 0.25) is 5.82 Å². The van der Waals surface area contributed by atoms with E-state index in [1.54, 1.807) is 6.07 Å². The van der Waals surface area contributed by atoms with Gasteiger partial charge in [-0.2, -0.15) is 5.26 Å². The molecule has 0 aliphatic carbocycles. The number of aliphatic hydroxyl groups excluding tert-OH is 1. The first-order valence-electron chi connectivity index (χ1n) is 5.98. The molecule has 1 rings (SSSR count). The first kappa shape index (κ1) is 14.9. The van der Waals surface area contributed by atoms with Crippen molar-refractivity contribution in [1.82, 2.24) is 4.98 Å². The highest BCUT2D eigenvalue weighted by atomic mass is 16.6. The summed E-state index contributed by atoms with van der Waals surface area (Å²) in [5, 5.41) is 31.5. The molecule has 0 aliphatic rings. The van der Waals surface area contributed by atoms with E-state index in [4.69, 9.17) is 10.4 Å². The third kappa shape index (κ3) is 4.19. The lowest BCUT2D eigenvalue weighted by atomic mass is 10.1. The molecule has 2 N–H and O–H groups in total. The Bertz CT molecular complexity index is 484. The molecular formula is C12H16N4O3. The molecular weight excluding hydrogens is 248 g/mol. The number of pyridine rings is 1. The lowest BCUT2D eigenvalue weighted by Crippen LogP contribution is -2.09. The van der Waals surface area contributed by atoms with Crippen LogP contribution >= 0.6 is 0 Å². The summed E-state index contributed by atoms with van der Waals surface area (Å²) in [7, 11) is 0. The van der Waals surface area contributed by atoms with Gasteiger partial charge < -0.3 is 10.4 Å². The summed E-state index contributed by atoms with van der Waals surface area (Å²) in [6.45, 7) is 2.56. The molecule has 0 saturated heterocycles. The van der Waals surface area contributed by atoms with Gasteiger partial charge in [0.1, 0.15) is 11.6 Å². The van der Waals surface area contributed by atoms with Crippen LogP contribution in [0.15, 0.2) is 12.3 Å². The van der Waals surface area contributed by atoms with Crippen molar-refractivity contribution in [2.75, 3.05) is 18.5 Å². The van der Waals surface area contributed by atoms with E-state index >= 15 is 0 Å². The zero-order valence-corrected chi connectivity index (χ0v) is 10.7. The summed E-state index contributed by atoms with van der Waals surface area (Å²) in [5.41, 5.74) is -0.300. The summed E-state index contributed by atoms with van der Waals surface area (Å²) in [5.74, 6) is 0.316. The number of nitrogens with one attached hydrogen (secondary N) is 1. The second-order valence-electron chi connectivity index (χ2n) is 4.28. The van der Waals surface area contributed by atoms with Crippen LogP contribution in [0.5, 0.6) is 0 Å². The van der Waals surface area contributed by atoms with Gasteiger partial charge in [0.05, 0.1) is 4.92 Å². The molecule has 1 aromatic rings. The lowest BCUT2D eigenvalue weighted by Gasteiger charge is -2.09. The highest BCUT2D eigenvalue weighted by Gasteiger charge is 2.20. The fourth-order valence-electron chi connectivity index (χ4n) is 1.61. The Hall–Kier alpha value is -2.20. The Morgan fingerprint density at radius 2 is 2.42 bits per heavy atom. The molecule has 1 unspecified atom stereocenters. The minimum Gasteiger partial charge on any atom is -0.396 e. The van der Waals surface area contributed by atoms with Crippen LogP contribution in [0.3, 0.4) is 0 Å². The average Bonchev–Trinajstić information content (AvgIpc) is 2.42. The SMILES string of the molecule is CC(CO)CCCNc1nccc(C#N)c1[N+](=O)[O-]. The molecule has 0 aliphatic heterocycles. The van der Waals surface area contributed by atoms with Gasteiger partial charge in [-0.3, -0.25) is 10.1 Å². The van der Waals surface area contributed by atoms with Crippen molar-refractivity contribution in [1.29, 1.82) is 5.26 Å². The summed E-state index contributed by atoms with van der Waals surface area (Å²) in [4.78, 5) is 14.2. The Kier molecular flexibility index (Phi) is 5.70. The van der Waals surface area contributed by atoms with Gasteiger partial charge in [-0.15, -0.1) is 0 Å². The molecule has 0 spiro atoms. The van der Waals surface area contributed by atoms with Gasteiger partial charge in [-0.05, 0) is 24.8 Å². The lowest BCUT2D eigenvalue weighted by molar-refractivity contribution is -0.384. The van der Waals surface area contributed by atoms with Gasteiger partial charge in [0.25, 0.3) is 0 Å². The molecule has 1 aromatic heterocycles. The van der Waals surface area contributed by atoms with Crippen molar-refractivity contribution in [2.45, 2.75) is 19.8 Å². The van der Waals surface area contributed by atoms with Crippen LogP contribution in [0.2, 0.25) is 0 Å². The zero-order valence-electron chi connectivity index (χ0n) is 10.7. The van der Waals surface area contributed by atoms with E-state index in [2.05, 4.69) is 10.3 Å². The quantitative estimate of drug-likeness (QED) is 0.440. The molecule has 1 heterocycles. The van der Waals surface area contributed by atoms with Crippen LogP contribution in [-0.4, -0.2) is 28.2 Å². The van der Waals surface area contributed by atoms with E-state index in [0.29, 0.717) is 6.54 Å². The smallest absolute Gasteiger partial charge is 0.328 e. The fourth-order valence-corrected chi connectivity index (χ4v) is 1.61. The molecule has 19 heavy (non-hydrogen) atoms. The molecule has 102 valence electrons. The molecule has 0 bridgehead atoms. The molecule has 0 aromatic carbocycles. The van der Waals surface area contributed by atoms with Crippen LogP contribution in [-0.2, 0) is 0 Å². The number of aromatic nitrogens is 1. The molecule has 0 amide bonds. The van der Waals surface area contributed by atoms with Gasteiger partial charge in [0, 0.05) is 19.3 Å². The van der Waals surface area contributed by atoms with Crippen molar-refractivity contribution < 1.29 is 10.0 Å². The molecule has 1 atom stereocenters. The molecule has 0 radical (unpaired) electrons. The molecule has 7 nitrogen and oxygen atoms in total.